The van der Waals surface area contributed by atoms with Crippen molar-refractivity contribution in [1.82, 2.24) is 20.2 Å². The number of aryl methyl sites for hydroxylation is 1. The summed E-state index contributed by atoms with van der Waals surface area (Å²) in [5.74, 6) is 0.294. The first-order valence-electron chi connectivity index (χ1n) is 5.67. The molecule has 8 nitrogen and oxygen atoms in total. The molecule has 102 valence electrons. The molecule has 0 saturated carbocycles. The minimum atomic E-state index is -0.930. The summed E-state index contributed by atoms with van der Waals surface area (Å²) in [6, 6.07) is 1.76. The highest BCUT2D eigenvalue weighted by Gasteiger charge is 2.19. The molecule has 0 bridgehead atoms. The normalized spacial score (nSPS) is 12.5. The quantitative estimate of drug-likeness (QED) is 0.821. The number of tetrazole rings is 1. The Morgan fingerprint density at radius 1 is 1.63 bits per heavy atom. The lowest BCUT2D eigenvalue weighted by atomic mass is 10.2. The van der Waals surface area contributed by atoms with Gasteiger partial charge in [-0.15, -0.1) is 5.10 Å². The van der Waals surface area contributed by atoms with Crippen LogP contribution in [-0.4, -0.2) is 44.5 Å². The van der Waals surface area contributed by atoms with Gasteiger partial charge in [0.1, 0.15) is 5.76 Å². The zero-order chi connectivity index (χ0) is 13.8. The molecule has 0 aliphatic carbocycles. The SMILES string of the molecule is COC(CC(=O)O)Cn1nnnc1-c1ccoc1C. The van der Waals surface area contributed by atoms with E-state index in [1.807, 2.05) is 0 Å². The van der Waals surface area contributed by atoms with Gasteiger partial charge in [0, 0.05) is 7.11 Å². The predicted molar refractivity (Wildman–Crippen MR) is 63.3 cm³/mol. The first-order chi connectivity index (χ1) is 9.11. The monoisotopic (exact) mass is 266 g/mol. The summed E-state index contributed by atoms with van der Waals surface area (Å²) in [4.78, 5) is 10.7. The van der Waals surface area contributed by atoms with E-state index in [0.29, 0.717) is 11.6 Å². The van der Waals surface area contributed by atoms with Gasteiger partial charge in [0.15, 0.2) is 5.82 Å². The van der Waals surface area contributed by atoms with Gasteiger partial charge in [-0.1, -0.05) is 0 Å². The number of nitrogens with zero attached hydrogens (tertiary/aromatic N) is 4. The van der Waals surface area contributed by atoms with Crippen molar-refractivity contribution < 1.29 is 19.1 Å². The number of carboxylic acid groups (broad SMARTS) is 1. The molecule has 2 aromatic rings. The summed E-state index contributed by atoms with van der Waals surface area (Å²) in [6.45, 7) is 2.06. The van der Waals surface area contributed by atoms with Crippen LogP contribution in [0.2, 0.25) is 0 Å². The summed E-state index contributed by atoms with van der Waals surface area (Å²) in [7, 11) is 1.46. The number of aliphatic carboxylic acids is 1. The molecule has 0 aliphatic rings. The fourth-order valence-corrected chi connectivity index (χ4v) is 1.75. The van der Waals surface area contributed by atoms with Crippen LogP contribution < -0.4 is 0 Å². The van der Waals surface area contributed by atoms with Crippen LogP contribution in [0.5, 0.6) is 0 Å². The average Bonchev–Trinajstić information content (AvgIpc) is 2.96. The molecule has 0 fully saturated rings. The summed E-state index contributed by atoms with van der Waals surface area (Å²) in [5, 5.41) is 20.2. The van der Waals surface area contributed by atoms with Crippen molar-refractivity contribution in [3.63, 3.8) is 0 Å². The maximum Gasteiger partial charge on any atom is 0.306 e. The standard InChI is InChI=1S/C11H14N4O4/c1-7-9(3-4-19-7)11-12-13-14-15(11)6-8(18-2)5-10(16)17/h3-4,8H,5-6H2,1-2H3,(H,16,17). The Labute approximate surface area is 109 Å². The fourth-order valence-electron chi connectivity index (χ4n) is 1.75. The van der Waals surface area contributed by atoms with Gasteiger partial charge in [-0.2, -0.15) is 0 Å². The van der Waals surface area contributed by atoms with Crippen molar-refractivity contribution >= 4 is 5.97 Å². The molecule has 1 unspecified atom stereocenters. The molecular weight excluding hydrogens is 252 g/mol. The maximum atomic E-state index is 10.7. The van der Waals surface area contributed by atoms with E-state index in [2.05, 4.69) is 15.5 Å². The fraction of sp³-hybridized carbons (Fsp3) is 0.455. The first-order valence-corrected chi connectivity index (χ1v) is 5.67. The molecule has 2 rings (SSSR count). The molecule has 1 atom stereocenters. The predicted octanol–water partition coefficient (Wildman–Crippen LogP) is 0.731. The Morgan fingerprint density at radius 2 is 2.42 bits per heavy atom. The lowest BCUT2D eigenvalue weighted by molar-refractivity contribution is -0.140. The van der Waals surface area contributed by atoms with Gasteiger partial charge in [-0.3, -0.25) is 4.79 Å². The van der Waals surface area contributed by atoms with Crippen LogP contribution in [0.1, 0.15) is 12.2 Å². The lowest BCUT2D eigenvalue weighted by Crippen LogP contribution is -2.23. The van der Waals surface area contributed by atoms with Gasteiger partial charge in [0.25, 0.3) is 0 Å². The molecule has 0 radical (unpaired) electrons. The zero-order valence-corrected chi connectivity index (χ0v) is 10.6. The van der Waals surface area contributed by atoms with E-state index in [4.69, 9.17) is 14.3 Å². The molecule has 1 N–H and O–H groups in total. The second-order valence-corrected chi connectivity index (χ2v) is 4.03. The first kappa shape index (κ1) is 13.2. The van der Waals surface area contributed by atoms with Crippen molar-refractivity contribution in [3.05, 3.63) is 18.1 Å². The van der Waals surface area contributed by atoms with Crippen molar-refractivity contribution in [1.29, 1.82) is 0 Å². The highest BCUT2D eigenvalue weighted by Crippen LogP contribution is 2.21. The molecule has 0 amide bonds. The number of rotatable bonds is 6. The second-order valence-electron chi connectivity index (χ2n) is 4.03. The van der Waals surface area contributed by atoms with Crippen molar-refractivity contribution in [2.24, 2.45) is 0 Å². The van der Waals surface area contributed by atoms with Gasteiger partial charge < -0.3 is 14.3 Å². The molecule has 0 aliphatic heterocycles. The zero-order valence-electron chi connectivity index (χ0n) is 10.6. The van der Waals surface area contributed by atoms with Crippen LogP contribution in [0.3, 0.4) is 0 Å². The molecule has 19 heavy (non-hydrogen) atoms. The number of hydrogen-bond acceptors (Lipinski definition) is 6. The van der Waals surface area contributed by atoms with Gasteiger partial charge >= 0.3 is 5.97 Å². The molecule has 8 heteroatoms. The van der Waals surface area contributed by atoms with Crippen LogP contribution in [0.25, 0.3) is 11.4 Å². The second kappa shape index (κ2) is 5.61. The van der Waals surface area contributed by atoms with E-state index in [1.54, 1.807) is 19.3 Å². The Balaban J connectivity index is 2.20. The Bertz CT molecular complexity index is 563. The van der Waals surface area contributed by atoms with E-state index in [1.165, 1.54) is 11.8 Å². The molecule has 0 aromatic carbocycles. The number of methoxy groups -OCH3 is 1. The summed E-state index contributed by atoms with van der Waals surface area (Å²) in [6.07, 6.45) is 0.946. The number of furan rings is 1. The third kappa shape index (κ3) is 2.97. The molecule has 2 heterocycles. The molecule has 0 saturated heterocycles. The van der Waals surface area contributed by atoms with Gasteiger partial charge in [-0.25, -0.2) is 4.68 Å². The van der Waals surface area contributed by atoms with Crippen LogP contribution in [0, 0.1) is 6.92 Å². The number of hydrogen-bond donors (Lipinski definition) is 1. The van der Waals surface area contributed by atoms with Crippen LogP contribution in [0.4, 0.5) is 0 Å². The van der Waals surface area contributed by atoms with Crippen molar-refractivity contribution in [2.75, 3.05) is 7.11 Å². The maximum absolute atomic E-state index is 10.7. The van der Waals surface area contributed by atoms with E-state index in [0.717, 1.165) is 5.56 Å². The Morgan fingerprint density at radius 3 is 3.00 bits per heavy atom. The van der Waals surface area contributed by atoms with E-state index < -0.39 is 12.1 Å². The molecule has 0 spiro atoms. The highest BCUT2D eigenvalue weighted by molar-refractivity contribution is 5.67. The minimum Gasteiger partial charge on any atom is -0.481 e. The number of carboxylic acids is 1. The summed E-state index contributed by atoms with van der Waals surface area (Å²) >= 11 is 0. The smallest absolute Gasteiger partial charge is 0.306 e. The highest BCUT2D eigenvalue weighted by atomic mass is 16.5. The van der Waals surface area contributed by atoms with Gasteiger partial charge in [0.2, 0.25) is 0 Å². The average molecular weight is 266 g/mol. The number of carbonyl (C=O) groups is 1. The van der Waals surface area contributed by atoms with Gasteiger partial charge in [-0.05, 0) is 23.4 Å². The lowest BCUT2D eigenvalue weighted by Gasteiger charge is -2.13. The van der Waals surface area contributed by atoms with Crippen LogP contribution in [-0.2, 0) is 16.1 Å². The third-order valence-corrected chi connectivity index (χ3v) is 2.74. The third-order valence-electron chi connectivity index (χ3n) is 2.74. The summed E-state index contributed by atoms with van der Waals surface area (Å²) in [5.41, 5.74) is 0.773. The van der Waals surface area contributed by atoms with Crippen molar-refractivity contribution in [3.8, 4) is 11.4 Å². The van der Waals surface area contributed by atoms with Crippen molar-refractivity contribution in [2.45, 2.75) is 26.0 Å². The van der Waals surface area contributed by atoms with Crippen LogP contribution >= 0.6 is 0 Å². The topological polar surface area (TPSA) is 103 Å². The molecule has 2 aromatic heterocycles. The van der Waals surface area contributed by atoms with E-state index in [-0.39, 0.29) is 13.0 Å². The largest absolute Gasteiger partial charge is 0.481 e. The summed E-state index contributed by atoms with van der Waals surface area (Å²) < 4.78 is 11.8. The molecular formula is C11H14N4O4. The van der Waals surface area contributed by atoms with Gasteiger partial charge in [0.05, 0.1) is 30.9 Å². The van der Waals surface area contributed by atoms with E-state index >= 15 is 0 Å². The minimum absolute atomic E-state index is 0.111. The number of ether oxygens (including phenoxy) is 1. The number of aromatic nitrogens is 4. The Hall–Kier alpha value is -2.22. The van der Waals surface area contributed by atoms with E-state index in [9.17, 15) is 4.79 Å². The Kier molecular flexibility index (Phi) is 3.91. The van der Waals surface area contributed by atoms with Crippen LogP contribution in [0.15, 0.2) is 16.7 Å².